The highest BCUT2D eigenvalue weighted by atomic mass is 32.3. The zero-order chi connectivity index (χ0) is 30.6. The van der Waals surface area contributed by atoms with Crippen molar-refractivity contribution in [2.75, 3.05) is 27.4 Å². The van der Waals surface area contributed by atoms with Gasteiger partial charge in [0.15, 0.2) is 24.8 Å². The number of carbonyl (C=O) groups is 1. The van der Waals surface area contributed by atoms with Crippen molar-refractivity contribution in [3.63, 3.8) is 0 Å². The van der Waals surface area contributed by atoms with Gasteiger partial charge in [-0.2, -0.15) is 25.3 Å². The lowest BCUT2D eigenvalue weighted by Gasteiger charge is -2.47. The molecule has 0 bridgehead atoms. The number of methoxy groups -OCH3 is 2. The van der Waals surface area contributed by atoms with Crippen LogP contribution in [0.15, 0.2) is 0 Å². The Morgan fingerprint density at radius 1 is 0.775 bits per heavy atom. The van der Waals surface area contributed by atoms with Crippen LogP contribution in [-0.2, 0) is 77.0 Å². The molecule has 2 aliphatic rings. The van der Waals surface area contributed by atoms with Crippen LogP contribution in [0.25, 0.3) is 0 Å². The second-order valence-electron chi connectivity index (χ2n) is 7.94. The van der Waals surface area contributed by atoms with E-state index in [2.05, 4.69) is 12.5 Å². The maximum atomic E-state index is 11.9. The average molecular weight is 653 g/mol. The van der Waals surface area contributed by atoms with Crippen LogP contribution in [0.4, 0.5) is 0 Å². The normalized spacial score (nSPS) is 35.9. The fraction of sp³-hybridized carbons (Fsp3) is 0.938. The molecule has 4 unspecified atom stereocenters. The highest BCUT2D eigenvalue weighted by molar-refractivity contribution is 7.81. The van der Waals surface area contributed by atoms with Crippen molar-refractivity contribution in [2.45, 2.75) is 68.3 Å². The number of ether oxygens (including phenoxy) is 6. The van der Waals surface area contributed by atoms with Gasteiger partial charge < -0.3 is 38.6 Å². The Balaban J connectivity index is 2.61. The molecule has 0 radical (unpaired) electrons. The summed E-state index contributed by atoms with van der Waals surface area (Å²) in [6.07, 6.45) is -19.6. The van der Waals surface area contributed by atoms with Crippen LogP contribution in [0.5, 0.6) is 0 Å². The van der Waals surface area contributed by atoms with E-state index in [-0.39, 0.29) is 6.61 Å². The van der Waals surface area contributed by atoms with Gasteiger partial charge in [0.1, 0.15) is 36.6 Å². The van der Waals surface area contributed by atoms with Crippen LogP contribution in [0.3, 0.4) is 0 Å². The van der Waals surface area contributed by atoms with Crippen LogP contribution >= 0.6 is 0 Å². The third-order valence-electron chi connectivity index (χ3n) is 5.39. The van der Waals surface area contributed by atoms with Gasteiger partial charge in [-0.15, -0.1) is 0 Å². The van der Waals surface area contributed by atoms with E-state index >= 15 is 0 Å². The lowest BCUT2D eigenvalue weighted by Crippen LogP contribution is -2.66. The quantitative estimate of drug-likeness (QED) is 0.114. The smallest absolute Gasteiger partial charge is 0.397 e. The first-order valence-corrected chi connectivity index (χ1v) is 14.9. The molecule has 2 saturated heterocycles. The van der Waals surface area contributed by atoms with E-state index in [1.165, 1.54) is 6.92 Å². The minimum atomic E-state index is -5.57. The van der Waals surface area contributed by atoms with Crippen molar-refractivity contribution < 1.29 is 94.9 Å². The first-order chi connectivity index (χ1) is 18.3. The van der Waals surface area contributed by atoms with E-state index in [1.807, 2.05) is 0 Å². The topological polar surface area (TPSA) is 304 Å². The molecule has 21 nitrogen and oxygen atoms in total. The molecule has 0 aliphatic carbocycles. The van der Waals surface area contributed by atoms with Crippen LogP contribution < -0.4 is 0 Å². The number of rotatable bonds is 14. The number of carboxylic acid groups (broad SMARTS) is 1. The molecule has 2 heterocycles. The second kappa shape index (κ2) is 13.8. The van der Waals surface area contributed by atoms with Crippen molar-refractivity contribution >= 4 is 37.2 Å². The summed E-state index contributed by atoms with van der Waals surface area (Å²) in [5.74, 6) is -1.59. The van der Waals surface area contributed by atoms with Crippen LogP contribution in [-0.4, -0.2) is 144 Å². The summed E-state index contributed by atoms with van der Waals surface area (Å²) in [5, 5.41) is 19.9. The lowest BCUT2D eigenvalue weighted by atomic mass is 9.96. The van der Waals surface area contributed by atoms with Gasteiger partial charge in [0, 0.05) is 20.8 Å². The summed E-state index contributed by atoms with van der Waals surface area (Å²) in [7, 11) is -14.1. The maximum Gasteiger partial charge on any atom is 0.397 e. The van der Waals surface area contributed by atoms with Gasteiger partial charge in [-0.1, -0.05) is 0 Å². The Kier molecular flexibility index (Phi) is 12.1. The summed E-state index contributed by atoms with van der Waals surface area (Å²) in [6, 6.07) is 0. The van der Waals surface area contributed by atoms with E-state index in [4.69, 9.17) is 37.5 Å². The Bertz CT molecular complexity index is 1170. The van der Waals surface area contributed by atoms with Gasteiger partial charge in [-0.3, -0.25) is 13.7 Å². The Labute approximate surface area is 227 Å². The molecular weight excluding hydrogens is 624 g/mol. The third kappa shape index (κ3) is 9.68. The molecule has 236 valence electrons. The fourth-order valence-electron chi connectivity index (χ4n) is 4.00. The molecule has 2 fully saturated rings. The molecule has 24 heteroatoms. The standard InChI is InChI=1S/C16H28O21S3/c1-4-31-9-8(29-2)13(30-3)16(35-11(9)14(17)18)34-7-6(5-32-38(20,21)22)33-15(19)12(37-40(26,27)28)10(7)36-39(23,24)25/h6-13,15-16,19H,4-5H2,1-3H3,(H,17,18)(H,20,21,22)(H,23,24,25)(H,26,27,28)/t6-,7+,8-,9-,10?,11?,12?,13?,15-,16+/m0/s1. The predicted octanol–water partition coefficient (Wildman–Crippen LogP) is -3.47. The summed E-state index contributed by atoms with van der Waals surface area (Å²) in [5.41, 5.74) is 0. The van der Waals surface area contributed by atoms with Crippen LogP contribution in [0, 0.1) is 0 Å². The molecule has 2 rings (SSSR count). The van der Waals surface area contributed by atoms with Gasteiger partial charge in [0.05, 0.1) is 6.61 Å². The lowest BCUT2D eigenvalue weighted by molar-refractivity contribution is -0.352. The molecule has 0 aromatic carbocycles. The second-order valence-corrected chi connectivity index (χ2v) is 11.1. The summed E-state index contributed by atoms with van der Waals surface area (Å²) in [6.45, 7) is 0.238. The zero-order valence-corrected chi connectivity index (χ0v) is 23.1. The van der Waals surface area contributed by atoms with Crippen molar-refractivity contribution in [3.05, 3.63) is 0 Å². The Morgan fingerprint density at radius 2 is 1.32 bits per heavy atom. The van der Waals surface area contributed by atoms with Crippen molar-refractivity contribution in [2.24, 2.45) is 0 Å². The fourth-order valence-corrected chi connectivity index (χ4v) is 5.30. The average Bonchev–Trinajstić information content (AvgIpc) is 2.80. The van der Waals surface area contributed by atoms with Gasteiger partial charge in [-0.25, -0.2) is 17.3 Å². The molecule has 10 atom stereocenters. The van der Waals surface area contributed by atoms with Gasteiger partial charge in [0.2, 0.25) is 0 Å². The molecular formula is C16H28O21S3. The minimum Gasteiger partial charge on any atom is -0.479 e. The van der Waals surface area contributed by atoms with Gasteiger partial charge >= 0.3 is 37.2 Å². The highest BCUT2D eigenvalue weighted by Gasteiger charge is 2.56. The number of aliphatic hydroxyl groups is 1. The minimum absolute atomic E-state index is 0.0120. The molecule has 0 amide bonds. The number of aliphatic carboxylic acids is 1. The van der Waals surface area contributed by atoms with E-state index in [9.17, 15) is 44.8 Å². The van der Waals surface area contributed by atoms with E-state index in [0.29, 0.717) is 0 Å². The first-order valence-electron chi connectivity index (χ1n) is 10.8. The molecule has 2 aliphatic heterocycles. The molecule has 0 saturated carbocycles. The van der Waals surface area contributed by atoms with Gasteiger partial charge in [-0.05, 0) is 6.92 Å². The molecule has 0 spiro atoms. The molecule has 40 heavy (non-hydrogen) atoms. The summed E-state index contributed by atoms with van der Waals surface area (Å²) < 4.78 is 140. The third-order valence-corrected chi connectivity index (χ3v) is 6.75. The first kappa shape index (κ1) is 35.0. The Morgan fingerprint density at radius 3 is 1.77 bits per heavy atom. The van der Waals surface area contributed by atoms with Crippen LogP contribution in [0.2, 0.25) is 0 Å². The number of hydrogen-bond acceptors (Lipinski definition) is 17. The van der Waals surface area contributed by atoms with Crippen molar-refractivity contribution in [3.8, 4) is 0 Å². The Hall–Kier alpha value is -1.20. The molecule has 0 aromatic rings. The highest BCUT2D eigenvalue weighted by Crippen LogP contribution is 2.34. The SMILES string of the molecule is CCO[C@@H]1C(C(=O)O)O[C@@H](O[C@H]2C(OS(=O)(=O)O)C(OS(=O)(=O)O)[C@@H](O)O[C@H]2COS(=O)(=O)O)C(OC)[C@H]1OC. The van der Waals surface area contributed by atoms with Crippen molar-refractivity contribution in [1.29, 1.82) is 0 Å². The van der Waals surface area contributed by atoms with Gasteiger partial charge in [0.25, 0.3) is 0 Å². The van der Waals surface area contributed by atoms with E-state index < -0.39 is 105 Å². The largest absolute Gasteiger partial charge is 0.479 e. The molecule has 0 aromatic heterocycles. The predicted molar refractivity (Wildman–Crippen MR) is 119 cm³/mol. The number of aliphatic hydroxyl groups excluding tert-OH is 1. The number of carboxylic acids is 1. The molecule has 5 N–H and O–H groups in total. The zero-order valence-electron chi connectivity index (χ0n) is 20.7. The van der Waals surface area contributed by atoms with E-state index in [1.54, 1.807) is 0 Å². The monoisotopic (exact) mass is 652 g/mol. The number of hydrogen-bond donors (Lipinski definition) is 5. The maximum absolute atomic E-state index is 11.9. The van der Waals surface area contributed by atoms with Crippen molar-refractivity contribution in [1.82, 2.24) is 0 Å². The van der Waals surface area contributed by atoms with Crippen LogP contribution in [0.1, 0.15) is 6.92 Å². The summed E-state index contributed by atoms with van der Waals surface area (Å²) >= 11 is 0. The summed E-state index contributed by atoms with van der Waals surface area (Å²) in [4.78, 5) is 11.9. The van der Waals surface area contributed by atoms with E-state index in [0.717, 1.165) is 14.2 Å².